The van der Waals surface area contributed by atoms with Crippen LogP contribution in [-0.2, 0) is 4.79 Å². The maximum Gasteiger partial charge on any atom is 0.341 e. The Labute approximate surface area is 169 Å². The minimum Gasteiger partial charge on any atom is -0.482 e. The molecule has 0 saturated heterocycles. The highest BCUT2D eigenvalue weighted by molar-refractivity contribution is 9.10. The van der Waals surface area contributed by atoms with Crippen LogP contribution in [0.25, 0.3) is 10.9 Å². The molecule has 1 heterocycles. The van der Waals surface area contributed by atoms with E-state index in [1.54, 1.807) is 12.1 Å². The monoisotopic (exact) mass is 449 g/mol. The maximum atomic E-state index is 10.6. The van der Waals surface area contributed by atoms with Crippen LogP contribution in [0.15, 0.2) is 41.0 Å². The van der Waals surface area contributed by atoms with Crippen molar-refractivity contribution in [3.8, 4) is 17.2 Å². The Kier molecular flexibility index (Phi) is 5.02. The van der Waals surface area contributed by atoms with Crippen LogP contribution >= 0.6 is 27.5 Å². The first-order valence-corrected chi connectivity index (χ1v) is 9.81. The summed E-state index contributed by atoms with van der Waals surface area (Å²) in [5.74, 6) is 1.07. The smallest absolute Gasteiger partial charge is 0.341 e. The van der Waals surface area contributed by atoms with Crippen molar-refractivity contribution in [3.05, 3.63) is 51.6 Å². The van der Waals surface area contributed by atoms with Crippen molar-refractivity contribution in [3.63, 3.8) is 0 Å². The molecule has 0 atom stereocenters. The molecule has 1 saturated carbocycles. The zero-order valence-corrected chi connectivity index (χ0v) is 16.6. The summed E-state index contributed by atoms with van der Waals surface area (Å²) in [6.07, 6.45) is 5.84. The summed E-state index contributed by atoms with van der Waals surface area (Å²) in [7, 11) is 0. The summed E-state index contributed by atoms with van der Waals surface area (Å²) in [5.41, 5.74) is 2.43. The Morgan fingerprint density at radius 2 is 2.07 bits per heavy atom. The van der Waals surface area contributed by atoms with E-state index in [2.05, 4.69) is 27.1 Å². The van der Waals surface area contributed by atoms with E-state index in [0.717, 1.165) is 5.52 Å². The van der Waals surface area contributed by atoms with Crippen LogP contribution in [-0.4, -0.2) is 22.7 Å². The average Bonchev–Trinajstić information content (AvgIpc) is 2.98. The zero-order chi connectivity index (χ0) is 19.0. The number of hydrogen-bond acceptors (Lipinski definition) is 3. The highest BCUT2D eigenvalue weighted by Gasteiger charge is 2.22. The van der Waals surface area contributed by atoms with Crippen LogP contribution in [0.4, 0.5) is 0 Å². The average molecular weight is 451 g/mol. The van der Waals surface area contributed by atoms with E-state index in [4.69, 9.17) is 26.2 Å². The van der Waals surface area contributed by atoms with Crippen LogP contribution in [0.2, 0.25) is 5.02 Å². The molecule has 140 valence electrons. The number of aromatic amines is 1. The molecular weight excluding hydrogens is 434 g/mol. The Hall–Kier alpha value is -2.18. The quantitative estimate of drug-likeness (QED) is 0.475. The molecule has 0 bridgehead atoms. The third-order valence-electron chi connectivity index (χ3n) is 4.78. The van der Waals surface area contributed by atoms with Gasteiger partial charge in [0.05, 0.1) is 9.50 Å². The number of halogens is 2. The molecular formula is C20H17BrClNO4. The van der Waals surface area contributed by atoms with Gasteiger partial charge < -0.3 is 19.6 Å². The van der Waals surface area contributed by atoms with Gasteiger partial charge in [-0.15, -0.1) is 0 Å². The molecule has 3 aromatic rings. The first-order chi connectivity index (χ1) is 13.0. The van der Waals surface area contributed by atoms with Crippen molar-refractivity contribution in [2.24, 2.45) is 0 Å². The number of H-pyrrole nitrogens is 1. The molecule has 27 heavy (non-hydrogen) atoms. The minimum atomic E-state index is -1.05. The third kappa shape index (κ3) is 3.77. The number of nitrogens with one attached hydrogen (secondary N) is 1. The van der Waals surface area contributed by atoms with Gasteiger partial charge in [-0.05, 0) is 64.5 Å². The van der Waals surface area contributed by atoms with E-state index in [-0.39, 0.29) is 0 Å². The van der Waals surface area contributed by atoms with Crippen molar-refractivity contribution in [2.75, 3.05) is 6.61 Å². The second-order valence-electron chi connectivity index (χ2n) is 6.58. The number of rotatable bonds is 6. The predicted octanol–water partition coefficient (Wildman–Crippen LogP) is 6.11. The molecule has 0 radical (unpaired) electrons. The number of carbonyl (C=O) groups is 1. The van der Waals surface area contributed by atoms with Gasteiger partial charge >= 0.3 is 5.97 Å². The standard InChI is InChI=1S/C20H17BrClNO4/c21-16-7-13(26-10-19(24)25)8-17(22)20(16)27-12-4-5-18-14(6-12)15(9-23-18)11-2-1-3-11/h4-9,11,23H,1-3,10H2,(H,24,25). The van der Waals surface area contributed by atoms with Crippen LogP contribution in [0.3, 0.4) is 0 Å². The van der Waals surface area contributed by atoms with Gasteiger partial charge in [0.15, 0.2) is 12.4 Å². The third-order valence-corrected chi connectivity index (χ3v) is 5.65. The van der Waals surface area contributed by atoms with Gasteiger partial charge in [0.1, 0.15) is 11.5 Å². The molecule has 5 nitrogen and oxygen atoms in total. The number of aromatic nitrogens is 1. The fraction of sp³-hybridized carbons (Fsp3) is 0.250. The Bertz CT molecular complexity index is 989. The molecule has 4 rings (SSSR count). The van der Waals surface area contributed by atoms with Crippen LogP contribution in [0.5, 0.6) is 17.2 Å². The Morgan fingerprint density at radius 1 is 1.26 bits per heavy atom. The lowest BCUT2D eigenvalue weighted by atomic mass is 9.80. The lowest BCUT2D eigenvalue weighted by Crippen LogP contribution is -2.09. The fourth-order valence-corrected chi connectivity index (χ4v) is 4.10. The summed E-state index contributed by atoms with van der Waals surface area (Å²) in [6.45, 7) is -0.433. The van der Waals surface area contributed by atoms with E-state index < -0.39 is 12.6 Å². The van der Waals surface area contributed by atoms with Gasteiger partial charge in [0.2, 0.25) is 0 Å². The van der Waals surface area contributed by atoms with Crippen molar-refractivity contribution >= 4 is 44.4 Å². The first-order valence-electron chi connectivity index (χ1n) is 8.64. The van der Waals surface area contributed by atoms with Crippen molar-refractivity contribution in [2.45, 2.75) is 25.2 Å². The number of fused-ring (bicyclic) bond motifs is 1. The molecule has 1 fully saturated rings. The van der Waals surface area contributed by atoms with Crippen LogP contribution < -0.4 is 9.47 Å². The van der Waals surface area contributed by atoms with Gasteiger partial charge in [0.25, 0.3) is 0 Å². The highest BCUT2D eigenvalue weighted by Crippen LogP contribution is 2.43. The van der Waals surface area contributed by atoms with E-state index in [9.17, 15) is 4.79 Å². The molecule has 2 N–H and O–H groups in total. The molecule has 0 unspecified atom stereocenters. The zero-order valence-electron chi connectivity index (χ0n) is 14.3. The lowest BCUT2D eigenvalue weighted by Gasteiger charge is -2.25. The summed E-state index contributed by atoms with van der Waals surface area (Å²) in [5, 5.41) is 10.2. The molecule has 0 amide bonds. The maximum absolute atomic E-state index is 10.6. The van der Waals surface area contributed by atoms with Gasteiger partial charge in [-0.25, -0.2) is 4.79 Å². The van der Waals surface area contributed by atoms with E-state index in [0.29, 0.717) is 32.7 Å². The van der Waals surface area contributed by atoms with E-state index in [1.165, 1.54) is 30.2 Å². The van der Waals surface area contributed by atoms with E-state index in [1.807, 2.05) is 18.2 Å². The lowest BCUT2D eigenvalue weighted by molar-refractivity contribution is -0.139. The molecule has 7 heteroatoms. The van der Waals surface area contributed by atoms with E-state index >= 15 is 0 Å². The Balaban J connectivity index is 1.60. The molecule has 0 aliphatic heterocycles. The predicted molar refractivity (Wildman–Crippen MR) is 107 cm³/mol. The molecule has 1 aliphatic rings. The molecule has 1 aliphatic carbocycles. The summed E-state index contributed by atoms with van der Waals surface area (Å²) in [4.78, 5) is 14.0. The first kappa shape index (κ1) is 18.2. The number of aliphatic carboxylic acids is 1. The van der Waals surface area contributed by atoms with Crippen molar-refractivity contribution in [1.82, 2.24) is 4.98 Å². The largest absolute Gasteiger partial charge is 0.482 e. The summed E-state index contributed by atoms with van der Waals surface area (Å²) in [6, 6.07) is 9.09. The molecule has 2 aromatic carbocycles. The topological polar surface area (TPSA) is 71.6 Å². The SMILES string of the molecule is O=C(O)COc1cc(Cl)c(Oc2ccc3[nH]cc(C4CCC4)c3c2)c(Br)c1. The number of hydrogen-bond donors (Lipinski definition) is 2. The van der Waals surface area contributed by atoms with Crippen molar-refractivity contribution in [1.29, 1.82) is 0 Å². The van der Waals surface area contributed by atoms with Gasteiger partial charge in [-0.1, -0.05) is 18.0 Å². The van der Waals surface area contributed by atoms with Gasteiger partial charge in [0, 0.05) is 23.2 Å². The summed E-state index contributed by atoms with van der Waals surface area (Å²) >= 11 is 9.74. The molecule has 1 aromatic heterocycles. The number of ether oxygens (including phenoxy) is 2. The van der Waals surface area contributed by atoms with Gasteiger partial charge in [-0.3, -0.25) is 0 Å². The Morgan fingerprint density at radius 3 is 2.74 bits per heavy atom. The number of benzene rings is 2. The minimum absolute atomic E-state index is 0.332. The van der Waals surface area contributed by atoms with Crippen molar-refractivity contribution < 1.29 is 19.4 Å². The van der Waals surface area contributed by atoms with Gasteiger partial charge in [-0.2, -0.15) is 0 Å². The summed E-state index contributed by atoms with van der Waals surface area (Å²) < 4.78 is 11.8. The fourth-order valence-electron chi connectivity index (χ4n) is 3.22. The normalized spacial score (nSPS) is 14.1. The second kappa shape index (κ2) is 7.44. The number of carboxylic acid groups (broad SMARTS) is 1. The second-order valence-corrected chi connectivity index (χ2v) is 7.84. The highest BCUT2D eigenvalue weighted by atomic mass is 79.9. The van der Waals surface area contributed by atoms with Crippen LogP contribution in [0, 0.1) is 0 Å². The molecule has 0 spiro atoms. The number of carboxylic acids is 1. The van der Waals surface area contributed by atoms with Crippen LogP contribution in [0.1, 0.15) is 30.7 Å².